The van der Waals surface area contributed by atoms with E-state index in [0.29, 0.717) is 0 Å². The topological polar surface area (TPSA) is 46.2 Å². The van der Waals surface area contributed by atoms with Gasteiger partial charge >= 0.3 is 6.16 Å². The van der Waals surface area contributed by atoms with Gasteiger partial charge in [0.2, 0.25) is 0 Å². The number of carbonyl (C=O) groups excluding carboxylic acids is 1. The Kier molecular flexibility index (Phi) is 4.37. The van der Waals surface area contributed by atoms with E-state index in [1.165, 1.54) is 0 Å². The van der Waals surface area contributed by atoms with Gasteiger partial charge in [0, 0.05) is 0 Å². The van der Waals surface area contributed by atoms with Gasteiger partial charge in [0.25, 0.3) is 0 Å². The van der Waals surface area contributed by atoms with Crippen LogP contribution >= 0.6 is 0 Å². The Balaban J connectivity index is 3.43. The number of ether oxygens (including phenoxy) is 1. The summed E-state index contributed by atoms with van der Waals surface area (Å²) in [6, 6.07) is 0. The molecule has 0 amide bonds. The van der Waals surface area contributed by atoms with E-state index in [1.807, 2.05) is 13.8 Å². The Morgan fingerprint density at radius 2 is 2.20 bits per heavy atom. The molecule has 0 aliphatic carbocycles. The fraction of sp³-hybridized carbons (Fsp3) is 0.571. The maximum Gasteiger partial charge on any atom is 0.550 e. The van der Waals surface area contributed by atoms with Crippen LogP contribution in [0.3, 0.4) is 0 Å². The Labute approximate surface area is 60.3 Å². The lowest BCUT2D eigenvalue weighted by atomic mass is 10.2. The largest absolute Gasteiger partial charge is 0.550 e. The normalized spacial score (nSPS) is 11.2. The van der Waals surface area contributed by atoms with Gasteiger partial charge in [-0.1, -0.05) is 12.5 Å². The Morgan fingerprint density at radius 3 is 2.60 bits per heavy atom. The summed E-state index contributed by atoms with van der Waals surface area (Å²) < 4.78 is 4.14. The molecule has 0 aromatic rings. The van der Waals surface area contributed by atoms with Crippen molar-refractivity contribution in [3.8, 4) is 0 Å². The van der Waals surface area contributed by atoms with E-state index in [4.69, 9.17) is 0 Å². The zero-order valence-corrected chi connectivity index (χ0v) is 6.22. The quantitative estimate of drug-likeness (QED) is 0.447. The smallest absolute Gasteiger partial charge is 0.428 e. The van der Waals surface area contributed by atoms with E-state index in [1.54, 1.807) is 6.08 Å². The molecule has 0 rings (SSSR count). The predicted octanol–water partition coefficient (Wildman–Crippen LogP) is 1.91. The first-order chi connectivity index (χ1) is 4.66. The van der Waals surface area contributed by atoms with E-state index in [0.717, 1.165) is 12.0 Å². The first-order valence-electron chi connectivity index (χ1n) is 3.16. The molecule has 0 atom stereocenters. The molecule has 0 aromatic heterocycles. The summed E-state index contributed by atoms with van der Waals surface area (Å²) in [6.07, 6.45) is 1.16. The lowest BCUT2D eigenvalue weighted by molar-refractivity contribution is 0.0768. The average molecular weight is 143 g/mol. The maximum absolute atomic E-state index is 9.71. The van der Waals surface area contributed by atoms with E-state index in [-0.39, 0.29) is 6.61 Å². The van der Waals surface area contributed by atoms with Crippen molar-refractivity contribution in [1.82, 2.24) is 0 Å². The van der Waals surface area contributed by atoms with E-state index in [9.17, 15) is 9.90 Å². The molecule has 1 radical (unpaired) electrons. The molecule has 0 saturated carbocycles. The third-order valence-corrected chi connectivity index (χ3v) is 1.19. The second-order valence-electron chi connectivity index (χ2n) is 1.97. The minimum atomic E-state index is -1.47. The lowest BCUT2D eigenvalue weighted by Gasteiger charge is -1.94. The van der Waals surface area contributed by atoms with Crippen LogP contribution < -0.4 is 0 Å². The summed E-state index contributed by atoms with van der Waals surface area (Å²) in [4.78, 5) is 9.71. The second-order valence-corrected chi connectivity index (χ2v) is 1.97. The van der Waals surface area contributed by atoms with Crippen molar-refractivity contribution in [2.45, 2.75) is 20.3 Å². The molecule has 3 nitrogen and oxygen atoms in total. The first kappa shape index (κ1) is 9.01. The van der Waals surface area contributed by atoms with Crippen molar-refractivity contribution in [3.63, 3.8) is 0 Å². The summed E-state index contributed by atoms with van der Waals surface area (Å²) in [5, 5.41) is 9.71. The molecule has 10 heavy (non-hydrogen) atoms. The number of carbonyl (C=O) groups is 1. The van der Waals surface area contributed by atoms with Crippen molar-refractivity contribution >= 4 is 6.16 Å². The van der Waals surface area contributed by atoms with Crippen molar-refractivity contribution < 1.29 is 14.6 Å². The zero-order chi connectivity index (χ0) is 7.98. The van der Waals surface area contributed by atoms with Crippen molar-refractivity contribution in [3.05, 3.63) is 11.6 Å². The monoisotopic (exact) mass is 143 g/mol. The van der Waals surface area contributed by atoms with Crippen LogP contribution in [-0.2, 0) is 9.84 Å². The van der Waals surface area contributed by atoms with Gasteiger partial charge in [-0.15, -0.1) is 0 Å². The third kappa shape index (κ3) is 5.15. The van der Waals surface area contributed by atoms with Crippen LogP contribution in [0.25, 0.3) is 0 Å². The minimum Gasteiger partial charge on any atom is -0.428 e. The van der Waals surface area contributed by atoms with Gasteiger partial charge in [-0.25, -0.2) is 0 Å². The summed E-state index contributed by atoms with van der Waals surface area (Å²) in [5.41, 5.74) is 1.11. The van der Waals surface area contributed by atoms with Crippen LogP contribution in [0, 0.1) is 0 Å². The molecule has 0 aliphatic rings. The standard InChI is InChI=1S/C7H11O3/c1-3-6(2)4-5-10-7(8)9/h4H,3,5H2,1-2H3. The molecule has 0 unspecified atom stereocenters. The van der Waals surface area contributed by atoms with E-state index >= 15 is 0 Å². The molecular formula is C7H11O3. The summed E-state index contributed by atoms with van der Waals surface area (Å²) >= 11 is 0. The molecule has 0 fully saturated rings. The van der Waals surface area contributed by atoms with Gasteiger partial charge in [0.15, 0.2) is 0 Å². The summed E-state index contributed by atoms with van der Waals surface area (Å²) in [5.74, 6) is 0. The number of rotatable bonds is 3. The van der Waals surface area contributed by atoms with Crippen LogP contribution in [0.15, 0.2) is 11.6 Å². The molecule has 0 aromatic carbocycles. The van der Waals surface area contributed by atoms with Crippen LogP contribution in [-0.4, -0.2) is 12.8 Å². The van der Waals surface area contributed by atoms with Crippen molar-refractivity contribution in [1.29, 1.82) is 0 Å². The average Bonchev–Trinajstić information content (AvgIpc) is 1.87. The van der Waals surface area contributed by atoms with Crippen molar-refractivity contribution in [2.24, 2.45) is 0 Å². The number of hydrogen-bond acceptors (Lipinski definition) is 2. The molecule has 0 N–H and O–H groups in total. The van der Waals surface area contributed by atoms with E-state index < -0.39 is 6.16 Å². The van der Waals surface area contributed by atoms with Crippen LogP contribution in [0.5, 0.6) is 0 Å². The third-order valence-electron chi connectivity index (χ3n) is 1.19. The second kappa shape index (κ2) is 4.85. The Bertz CT molecular complexity index is 138. The minimum absolute atomic E-state index is 0.0992. The molecular weight excluding hydrogens is 132 g/mol. The molecule has 0 spiro atoms. The van der Waals surface area contributed by atoms with Gasteiger partial charge in [-0.2, -0.15) is 9.90 Å². The van der Waals surface area contributed by atoms with Gasteiger partial charge < -0.3 is 4.74 Å². The highest BCUT2D eigenvalue weighted by molar-refractivity contribution is 5.56. The zero-order valence-electron chi connectivity index (χ0n) is 6.22. The van der Waals surface area contributed by atoms with E-state index in [2.05, 4.69) is 4.74 Å². The summed E-state index contributed by atoms with van der Waals surface area (Å²) in [6.45, 7) is 4.01. The van der Waals surface area contributed by atoms with Gasteiger partial charge in [-0.3, -0.25) is 0 Å². The molecule has 0 saturated heterocycles. The molecule has 0 heterocycles. The molecule has 57 valence electrons. The van der Waals surface area contributed by atoms with Gasteiger partial charge in [0.05, 0.1) is 0 Å². The van der Waals surface area contributed by atoms with Gasteiger partial charge in [0.1, 0.15) is 6.61 Å². The number of hydrogen-bond donors (Lipinski definition) is 0. The maximum atomic E-state index is 9.71. The molecule has 0 bridgehead atoms. The van der Waals surface area contributed by atoms with Crippen LogP contribution in [0.2, 0.25) is 0 Å². The van der Waals surface area contributed by atoms with Crippen molar-refractivity contribution in [2.75, 3.05) is 6.61 Å². The highest BCUT2D eigenvalue weighted by Crippen LogP contribution is 1.96. The van der Waals surface area contributed by atoms with Crippen LogP contribution in [0.4, 0.5) is 4.79 Å². The first-order valence-corrected chi connectivity index (χ1v) is 3.16. The Hall–Kier alpha value is -0.990. The lowest BCUT2D eigenvalue weighted by Crippen LogP contribution is -1.97. The van der Waals surface area contributed by atoms with Crippen LogP contribution in [0.1, 0.15) is 20.3 Å². The molecule has 3 heteroatoms. The Morgan fingerprint density at radius 1 is 1.60 bits per heavy atom. The van der Waals surface area contributed by atoms with Gasteiger partial charge in [-0.05, 0) is 19.4 Å². The molecule has 0 aliphatic heterocycles. The highest BCUT2D eigenvalue weighted by atomic mass is 16.7. The fourth-order valence-corrected chi connectivity index (χ4v) is 0.396. The fourth-order valence-electron chi connectivity index (χ4n) is 0.396. The number of allylic oxidation sites excluding steroid dienone is 1. The SMILES string of the molecule is CCC(C)=CCOC([O])=O. The highest BCUT2D eigenvalue weighted by Gasteiger charge is 1.94. The summed E-state index contributed by atoms with van der Waals surface area (Å²) in [7, 11) is 0. The predicted molar refractivity (Wildman–Crippen MR) is 36.1 cm³/mol.